The molecule has 1 nitrogen and oxygen atoms in total. The third kappa shape index (κ3) is 2.07. The molecule has 2 saturated carbocycles. The van der Waals surface area contributed by atoms with Crippen LogP contribution in [0.4, 0.5) is 0 Å². The van der Waals surface area contributed by atoms with Crippen molar-refractivity contribution in [2.45, 2.75) is 43.6 Å². The van der Waals surface area contributed by atoms with Crippen LogP contribution in [0.25, 0.3) is 0 Å². The third-order valence-corrected chi connectivity index (χ3v) is 6.42. The molecule has 0 amide bonds. The molecular formula is C17H22INS. The quantitative estimate of drug-likeness (QED) is 0.598. The number of halogens is 1. The first-order valence-corrected chi connectivity index (χ1v) is 8.73. The molecule has 3 aliphatic rings. The van der Waals surface area contributed by atoms with E-state index < -0.39 is 0 Å². The number of rotatable bonds is 1. The fourth-order valence-electron chi connectivity index (χ4n) is 4.98. The van der Waals surface area contributed by atoms with Crippen molar-refractivity contribution in [1.29, 1.82) is 0 Å². The van der Waals surface area contributed by atoms with E-state index in [1.165, 1.54) is 37.1 Å². The van der Waals surface area contributed by atoms with Crippen molar-refractivity contribution < 1.29 is 0 Å². The number of nitrogens with zero attached hydrogens (tertiary/aromatic N) is 1. The van der Waals surface area contributed by atoms with Crippen LogP contribution in [-0.2, 0) is 0 Å². The van der Waals surface area contributed by atoms with Crippen LogP contribution in [0.3, 0.4) is 0 Å². The second-order valence-corrected chi connectivity index (χ2v) is 7.24. The number of benzene rings is 1. The number of hydrogen-bond acceptors (Lipinski definition) is 2. The average molecular weight is 399 g/mol. The van der Waals surface area contributed by atoms with Crippen molar-refractivity contribution in [3.05, 3.63) is 35.9 Å². The van der Waals surface area contributed by atoms with Gasteiger partial charge in [-0.2, -0.15) is 0 Å². The molecule has 4 atom stereocenters. The van der Waals surface area contributed by atoms with E-state index in [0.29, 0.717) is 5.92 Å². The first-order chi connectivity index (χ1) is 9.33. The SMILES string of the molecule is CSC1=NC2(CC1)C1CCC(C1)C2c1ccccc1.I. The van der Waals surface area contributed by atoms with Crippen LogP contribution in [0.5, 0.6) is 0 Å². The number of hydrogen-bond donors (Lipinski definition) is 0. The first kappa shape index (κ1) is 14.9. The summed E-state index contributed by atoms with van der Waals surface area (Å²) in [5.74, 6) is 2.43. The maximum Gasteiger partial charge on any atom is 0.0720 e. The maximum atomic E-state index is 5.26. The van der Waals surface area contributed by atoms with Gasteiger partial charge in [0.2, 0.25) is 0 Å². The largest absolute Gasteiger partial charge is 0.275 e. The molecule has 20 heavy (non-hydrogen) atoms. The molecule has 0 saturated heterocycles. The van der Waals surface area contributed by atoms with Crippen LogP contribution >= 0.6 is 35.7 Å². The van der Waals surface area contributed by atoms with E-state index in [2.05, 4.69) is 36.6 Å². The molecule has 3 heteroatoms. The van der Waals surface area contributed by atoms with Crippen molar-refractivity contribution in [3.63, 3.8) is 0 Å². The zero-order valence-corrected chi connectivity index (χ0v) is 15.1. The average Bonchev–Trinajstić information content (AvgIpc) is 3.14. The molecule has 0 N–H and O–H groups in total. The van der Waals surface area contributed by atoms with Crippen LogP contribution in [0.1, 0.15) is 43.6 Å². The molecule has 1 spiro atoms. The normalized spacial score (nSPS) is 38.0. The van der Waals surface area contributed by atoms with Crippen molar-refractivity contribution >= 4 is 40.8 Å². The van der Waals surface area contributed by atoms with Gasteiger partial charge in [0.1, 0.15) is 0 Å². The Morgan fingerprint density at radius 2 is 2.00 bits per heavy atom. The first-order valence-electron chi connectivity index (χ1n) is 7.51. The summed E-state index contributed by atoms with van der Waals surface area (Å²) in [6, 6.07) is 11.2. The molecule has 1 heterocycles. The van der Waals surface area contributed by atoms with Gasteiger partial charge in [0, 0.05) is 5.92 Å². The number of fused-ring (bicyclic) bond motifs is 3. The molecule has 0 aromatic heterocycles. The lowest BCUT2D eigenvalue weighted by molar-refractivity contribution is 0.235. The lowest BCUT2D eigenvalue weighted by Gasteiger charge is -2.39. The minimum atomic E-state index is 0. The Labute approximate surface area is 143 Å². The van der Waals surface area contributed by atoms with Crippen LogP contribution in [0.15, 0.2) is 35.3 Å². The summed E-state index contributed by atoms with van der Waals surface area (Å²) in [5.41, 5.74) is 1.81. The summed E-state index contributed by atoms with van der Waals surface area (Å²) in [5, 5.41) is 1.40. The van der Waals surface area contributed by atoms with E-state index in [4.69, 9.17) is 4.99 Å². The summed E-state index contributed by atoms with van der Waals surface area (Å²) in [7, 11) is 0. The van der Waals surface area contributed by atoms with Gasteiger partial charge in [-0.1, -0.05) is 30.3 Å². The summed E-state index contributed by atoms with van der Waals surface area (Å²) in [6.45, 7) is 0. The molecule has 2 aliphatic carbocycles. The zero-order valence-electron chi connectivity index (χ0n) is 11.9. The summed E-state index contributed by atoms with van der Waals surface area (Å²) < 4.78 is 0. The Bertz CT molecular complexity index is 515. The molecule has 4 unspecified atom stereocenters. The Morgan fingerprint density at radius 1 is 1.20 bits per heavy atom. The smallest absolute Gasteiger partial charge is 0.0720 e. The highest BCUT2D eigenvalue weighted by molar-refractivity contribution is 14.0. The Kier molecular flexibility index (Phi) is 4.20. The van der Waals surface area contributed by atoms with Crippen LogP contribution in [0.2, 0.25) is 0 Å². The van der Waals surface area contributed by atoms with E-state index >= 15 is 0 Å². The van der Waals surface area contributed by atoms with Gasteiger partial charge in [0.15, 0.2) is 0 Å². The molecule has 2 fully saturated rings. The van der Waals surface area contributed by atoms with Crippen molar-refractivity contribution in [2.24, 2.45) is 16.8 Å². The van der Waals surface area contributed by atoms with Gasteiger partial charge in [0.25, 0.3) is 0 Å². The van der Waals surface area contributed by atoms with Gasteiger partial charge in [-0.15, -0.1) is 35.7 Å². The van der Waals surface area contributed by atoms with Gasteiger partial charge < -0.3 is 0 Å². The lowest BCUT2D eigenvalue weighted by atomic mass is 9.69. The second-order valence-electron chi connectivity index (χ2n) is 6.36. The predicted octanol–water partition coefficient (Wildman–Crippen LogP) is 5.11. The zero-order chi connectivity index (χ0) is 12.9. The summed E-state index contributed by atoms with van der Waals surface area (Å²) in [6.07, 6.45) is 8.96. The maximum absolute atomic E-state index is 5.26. The third-order valence-electron chi connectivity index (χ3n) is 5.66. The summed E-state index contributed by atoms with van der Waals surface area (Å²) >= 11 is 1.87. The highest BCUT2D eigenvalue weighted by Crippen LogP contribution is 2.63. The fraction of sp³-hybridized carbons (Fsp3) is 0.588. The minimum Gasteiger partial charge on any atom is -0.275 e. The van der Waals surface area contributed by atoms with Gasteiger partial charge in [-0.05, 0) is 55.8 Å². The van der Waals surface area contributed by atoms with Gasteiger partial charge in [0.05, 0.1) is 10.6 Å². The Balaban J connectivity index is 0.00000121. The molecular weight excluding hydrogens is 377 g/mol. The molecule has 1 aromatic carbocycles. The molecule has 1 aliphatic heterocycles. The minimum absolute atomic E-state index is 0. The second kappa shape index (κ2) is 5.64. The molecule has 0 radical (unpaired) electrons. The van der Waals surface area contributed by atoms with Crippen LogP contribution in [-0.4, -0.2) is 16.8 Å². The van der Waals surface area contributed by atoms with Crippen LogP contribution in [0, 0.1) is 11.8 Å². The van der Waals surface area contributed by atoms with E-state index in [0.717, 1.165) is 11.8 Å². The van der Waals surface area contributed by atoms with Crippen molar-refractivity contribution in [2.75, 3.05) is 6.26 Å². The van der Waals surface area contributed by atoms with E-state index in [-0.39, 0.29) is 29.5 Å². The predicted molar refractivity (Wildman–Crippen MR) is 98.3 cm³/mol. The number of thioether (sulfide) groups is 1. The lowest BCUT2D eigenvalue weighted by Crippen LogP contribution is -2.38. The summed E-state index contributed by atoms with van der Waals surface area (Å²) in [4.78, 5) is 5.26. The van der Waals surface area contributed by atoms with Crippen molar-refractivity contribution in [1.82, 2.24) is 0 Å². The Morgan fingerprint density at radius 3 is 2.70 bits per heavy atom. The monoisotopic (exact) mass is 399 g/mol. The van der Waals surface area contributed by atoms with E-state index in [9.17, 15) is 0 Å². The van der Waals surface area contributed by atoms with Gasteiger partial charge in [-0.3, -0.25) is 4.99 Å². The van der Waals surface area contributed by atoms with E-state index in [1.54, 1.807) is 5.56 Å². The molecule has 1 aromatic rings. The Hall–Kier alpha value is -0.0300. The van der Waals surface area contributed by atoms with Crippen LogP contribution < -0.4 is 0 Å². The molecule has 4 rings (SSSR count). The number of aliphatic imine (C=N–C) groups is 1. The van der Waals surface area contributed by atoms with Gasteiger partial charge in [-0.25, -0.2) is 0 Å². The fourth-order valence-corrected chi connectivity index (χ4v) is 5.54. The van der Waals surface area contributed by atoms with Gasteiger partial charge >= 0.3 is 0 Å². The highest BCUT2D eigenvalue weighted by Gasteiger charge is 2.59. The topological polar surface area (TPSA) is 12.4 Å². The molecule has 108 valence electrons. The molecule has 2 bridgehead atoms. The standard InChI is InChI=1S/C17H21NS.HI/c1-19-15-9-10-17(18-15)14-8-7-13(11-14)16(17)12-5-3-2-4-6-12;/h2-6,13-14,16H,7-11H2,1H3;1H. The highest BCUT2D eigenvalue weighted by atomic mass is 127. The van der Waals surface area contributed by atoms with E-state index in [1.807, 2.05) is 11.8 Å². The van der Waals surface area contributed by atoms with Crippen molar-refractivity contribution in [3.8, 4) is 0 Å².